The van der Waals surface area contributed by atoms with Gasteiger partial charge in [-0.2, -0.15) is 0 Å². The minimum Gasteiger partial charge on any atom is -0.457 e. The Labute approximate surface area is 127 Å². The zero-order chi connectivity index (χ0) is 15.2. The van der Waals surface area contributed by atoms with E-state index < -0.39 is 4.92 Å². The number of nitro benzene ring substituents is 1. The minimum absolute atomic E-state index is 0.0571. The third-order valence-corrected chi connectivity index (χ3v) is 3.18. The van der Waals surface area contributed by atoms with Crippen molar-refractivity contribution in [3.63, 3.8) is 0 Å². The topological polar surface area (TPSA) is 64.4 Å². The standard InChI is InChI=1S/C15H15ClN2O3/c1-2-17-10-11-5-3-4-6-15(11)21-12-7-8-14(18(19)20)13(16)9-12/h3-9,17H,2,10H2,1H3. The van der Waals surface area contributed by atoms with Crippen LogP contribution >= 0.6 is 11.6 Å². The molecule has 0 spiro atoms. The van der Waals surface area contributed by atoms with Crippen LogP contribution < -0.4 is 10.1 Å². The first-order valence-corrected chi connectivity index (χ1v) is 6.90. The summed E-state index contributed by atoms with van der Waals surface area (Å²) in [6, 6.07) is 11.9. The second-order valence-corrected chi connectivity index (χ2v) is 4.77. The predicted octanol–water partition coefficient (Wildman–Crippen LogP) is 4.15. The van der Waals surface area contributed by atoms with Crippen LogP contribution in [-0.2, 0) is 6.54 Å². The van der Waals surface area contributed by atoms with Crippen LogP contribution in [0.5, 0.6) is 11.5 Å². The van der Waals surface area contributed by atoms with E-state index in [2.05, 4.69) is 5.32 Å². The van der Waals surface area contributed by atoms with Crippen molar-refractivity contribution >= 4 is 17.3 Å². The van der Waals surface area contributed by atoms with Gasteiger partial charge in [0.05, 0.1) is 4.92 Å². The van der Waals surface area contributed by atoms with Crippen LogP contribution in [0.15, 0.2) is 42.5 Å². The van der Waals surface area contributed by atoms with Crippen molar-refractivity contribution in [2.75, 3.05) is 6.54 Å². The van der Waals surface area contributed by atoms with Crippen molar-refractivity contribution in [1.82, 2.24) is 5.32 Å². The zero-order valence-electron chi connectivity index (χ0n) is 11.5. The molecule has 2 aromatic rings. The van der Waals surface area contributed by atoms with E-state index in [1.165, 1.54) is 18.2 Å². The maximum atomic E-state index is 10.7. The van der Waals surface area contributed by atoms with E-state index in [1.807, 2.05) is 31.2 Å². The molecule has 110 valence electrons. The highest BCUT2D eigenvalue weighted by atomic mass is 35.5. The van der Waals surface area contributed by atoms with Crippen molar-refractivity contribution < 1.29 is 9.66 Å². The molecule has 0 radical (unpaired) electrons. The number of nitrogens with one attached hydrogen (secondary N) is 1. The number of halogens is 1. The summed E-state index contributed by atoms with van der Waals surface area (Å²) in [7, 11) is 0. The number of benzene rings is 2. The van der Waals surface area contributed by atoms with Gasteiger partial charge in [0.15, 0.2) is 0 Å². The zero-order valence-corrected chi connectivity index (χ0v) is 12.3. The molecule has 0 saturated carbocycles. The fourth-order valence-electron chi connectivity index (χ4n) is 1.84. The Morgan fingerprint density at radius 2 is 2.05 bits per heavy atom. The molecule has 0 atom stereocenters. The molecule has 5 nitrogen and oxygen atoms in total. The quantitative estimate of drug-likeness (QED) is 0.643. The number of ether oxygens (including phenoxy) is 1. The first-order valence-electron chi connectivity index (χ1n) is 6.52. The fraction of sp³-hybridized carbons (Fsp3) is 0.200. The lowest BCUT2D eigenvalue weighted by molar-refractivity contribution is -0.384. The smallest absolute Gasteiger partial charge is 0.288 e. The molecule has 2 aromatic carbocycles. The number of hydrogen-bond acceptors (Lipinski definition) is 4. The Kier molecular flexibility index (Phi) is 5.14. The summed E-state index contributed by atoms with van der Waals surface area (Å²) in [5, 5.41) is 14.0. The largest absolute Gasteiger partial charge is 0.457 e. The molecular weight excluding hydrogens is 292 g/mol. The summed E-state index contributed by atoms with van der Waals surface area (Å²) in [6.07, 6.45) is 0. The molecule has 0 unspecified atom stereocenters. The van der Waals surface area contributed by atoms with Gasteiger partial charge in [-0.3, -0.25) is 10.1 Å². The highest BCUT2D eigenvalue weighted by molar-refractivity contribution is 6.32. The SMILES string of the molecule is CCNCc1ccccc1Oc1ccc([N+](=O)[O-])c(Cl)c1. The molecule has 0 fully saturated rings. The number of rotatable bonds is 6. The van der Waals surface area contributed by atoms with Crippen LogP contribution in [0.3, 0.4) is 0 Å². The van der Waals surface area contributed by atoms with E-state index in [0.717, 1.165) is 12.1 Å². The number of nitro groups is 1. The minimum atomic E-state index is -0.523. The summed E-state index contributed by atoms with van der Waals surface area (Å²) >= 11 is 5.88. The first kappa shape index (κ1) is 15.3. The van der Waals surface area contributed by atoms with Crippen LogP contribution in [0, 0.1) is 10.1 Å². The van der Waals surface area contributed by atoms with E-state index in [1.54, 1.807) is 0 Å². The van der Waals surface area contributed by atoms with Crippen LogP contribution in [-0.4, -0.2) is 11.5 Å². The number of hydrogen-bond donors (Lipinski definition) is 1. The molecule has 0 aliphatic heterocycles. The van der Waals surface area contributed by atoms with Crippen molar-refractivity contribution in [2.24, 2.45) is 0 Å². The van der Waals surface area contributed by atoms with Crippen LogP contribution in [0.4, 0.5) is 5.69 Å². The van der Waals surface area contributed by atoms with Gasteiger partial charge in [-0.1, -0.05) is 36.7 Å². The predicted molar refractivity (Wildman–Crippen MR) is 82.0 cm³/mol. The third-order valence-electron chi connectivity index (χ3n) is 2.88. The van der Waals surface area contributed by atoms with Crippen molar-refractivity contribution in [3.05, 3.63) is 63.2 Å². The molecule has 21 heavy (non-hydrogen) atoms. The summed E-state index contributed by atoms with van der Waals surface area (Å²) in [5.41, 5.74) is 0.874. The molecule has 0 aliphatic rings. The Hall–Kier alpha value is -2.11. The van der Waals surface area contributed by atoms with E-state index in [0.29, 0.717) is 18.0 Å². The summed E-state index contributed by atoms with van der Waals surface area (Å²) in [5.74, 6) is 1.16. The molecule has 1 N–H and O–H groups in total. The third kappa shape index (κ3) is 3.93. The summed E-state index contributed by atoms with van der Waals surface area (Å²) in [4.78, 5) is 10.2. The molecular formula is C15H15ClN2O3. The first-order chi connectivity index (χ1) is 10.1. The van der Waals surface area contributed by atoms with Crippen LogP contribution in [0.25, 0.3) is 0 Å². The lowest BCUT2D eigenvalue weighted by Gasteiger charge is -2.11. The monoisotopic (exact) mass is 306 g/mol. The molecule has 0 saturated heterocycles. The van der Waals surface area contributed by atoms with Gasteiger partial charge in [0.1, 0.15) is 16.5 Å². The van der Waals surface area contributed by atoms with Gasteiger partial charge in [0.2, 0.25) is 0 Å². The number of nitrogens with zero attached hydrogens (tertiary/aromatic N) is 1. The van der Waals surface area contributed by atoms with Gasteiger partial charge in [-0.25, -0.2) is 0 Å². The Bertz CT molecular complexity index is 647. The summed E-state index contributed by atoms with van der Waals surface area (Å²) < 4.78 is 5.78. The average molecular weight is 307 g/mol. The van der Waals surface area contributed by atoms with E-state index in [9.17, 15) is 10.1 Å². The molecule has 2 rings (SSSR count). The second-order valence-electron chi connectivity index (χ2n) is 4.36. The summed E-state index contributed by atoms with van der Waals surface area (Å²) in [6.45, 7) is 3.57. The maximum absolute atomic E-state index is 10.7. The van der Waals surface area contributed by atoms with Gasteiger partial charge >= 0.3 is 0 Å². The molecule has 0 amide bonds. The van der Waals surface area contributed by atoms with Gasteiger partial charge in [-0.05, 0) is 18.7 Å². The van der Waals surface area contributed by atoms with E-state index in [-0.39, 0.29) is 10.7 Å². The van der Waals surface area contributed by atoms with E-state index >= 15 is 0 Å². The normalized spacial score (nSPS) is 10.4. The van der Waals surface area contributed by atoms with Crippen LogP contribution in [0.2, 0.25) is 5.02 Å². The average Bonchev–Trinajstić information content (AvgIpc) is 2.46. The van der Waals surface area contributed by atoms with Crippen molar-refractivity contribution in [1.29, 1.82) is 0 Å². The number of para-hydroxylation sites is 1. The highest BCUT2D eigenvalue weighted by Gasteiger charge is 2.13. The van der Waals surface area contributed by atoms with Gasteiger partial charge in [0.25, 0.3) is 5.69 Å². The molecule has 0 aliphatic carbocycles. The van der Waals surface area contributed by atoms with E-state index in [4.69, 9.17) is 16.3 Å². The van der Waals surface area contributed by atoms with Gasteiger partial charge < -0.3 is 10.1 Å². The maximum Gasteiger partial charge on any atom is 0.288 e. The molecule has 0 aromatic heterocycles. The molecule has 0 heterocycles. The van der Waals surface area contributed by atoms with Crippen molar-refractivity contribution in [2.45, 2.75) is 13.5 Å². The molecule has 6 heteroatoms. The lowest BCUT2D eigenvalue weighted by Crippen LogP contribution is -2.12. The molecule has 0 bridgehead atoms. The van der Waals surface area contributed by atoms with Gasteiger partial charge in [0, 0.05) is 24.2 Å². The lowest BCUT2D eigenvalue weighted by atomic mass is 10.2. The fourth-order valence-corrected chi connectivity index (χ4v) is 2.07. The van der Waals surface area contributed by atoms with Gasteiger partial charge in [-0.15, -0.1) is 0 Å². The Balaban J connectivity index is 2.22. The highest BCUT2D eigenvalue weighted by Crippen LogP contribution is 2.32. The van der Waals surface area contributed by atoms with Crippen molar-refractivity contribution in [3.8, 4) is 11.5 Å². The van der Waals surface area contributed by atoms with Crippen LogP contribution in [0.1, 0.15) is 12.5 Å². The Morgan fingerprint density at radius 1 is 1.29 bits per heavy atom. The Morgan fingerprint density at radius 3 is 2.71 bits per heavy atom. The second kappa shape index (κ2) is 7.06.